The first-order valence-corrected chi connectivity index (χ1v) is 5.35. The Balaban J connectivity index is 2.81. The smallest absolute Gasteiger partial charge is 0.305 e. The Morgan fingerprint density at radius 2 is 2.46 bits per heavy atom. The molecule has 3 nitrogen and oxygen atoms in total. The fraction of sp³-hybridized carbons (Fsp3) is 0.375. The molecule has 0 bridgehead atoms. The molecule has 0 spiro atoms. The fourth-order valence-electron chi connectivity index (χ4n) is 1.03. The first-order chi connectivity index (χ1) is 6.00. The van der Waals surface area contributed by atoms with Crippen molar-refractivity contribution >= 4 is 33.2 Å². The monoisotopic (exact) mass is 263 g/mol. The zero-order chi connectivity index (χ0) is 10.0. The molecule has 1 rings (SSSR count). The highest BCUT2D eigenvalue weighted by Gasteiger charge is 2.15. The summed E-state index contributed by atoms with van der Waals surface area (Å²) in [6.45, 7) is 1.96. The van der Waals surface area contributed by atoms with Gasteiger partial charge in [0.2, 0.25) is 0 Å². The van der Waals surface area contributed by atoms with Gasteiger partial charge in [-0.05, 0) is 28.9 Å². The molecule has 0 aliphatic rings. The minimum atomic E-state index is -0.870. The van der Waals surface area contributed by atoms with Gasteiger partial charge in [0.15, 0.2) is 0 Å². The summed E-state index contributed by atoms with van der Waals surface area (Å²) in [5.41, 5.74) is 5.71. The van der Waals surface area contributed by atoms with Crippen LogP contribution >= 0.6 is 27.3 Å². The highest BCUT2D eigenvalue weighted by Crippen LogP contribution is 2.32. The average molecular weight is 264 g/mol. The van der Waals surface area contributed by atoms with Crippen molar-refractivity contribution in [3.8, 4) is 0 Å². The summed E-state index contributed by atoms with van der Waals surface area (Å²) in [5, 5.41) is 8.55. The van der Waals surface area contributed by atoms with Crippen LogP contribution in [0.2, 0.25) is 0 Å². The van der Waals surface area contributed by atoms with Gasteiger partial charge in [0.1, 0.15) is 0 Å². The van der Waals surface area contributed by atoms with Crippen LogP contribution in [0.5, 0.6) is 0 Å². The lowest BCUT2D eigenvalue weighted by atomic mass is 10.2. The van der Waals surface area contributed by atoms with Crippen molar-refractivity contribution in [2.24, 2.45) is 5.73 Å². The van der Waals surface area contributed by atoms with Crippen molar-refractivity contribution in [2.75, 3.05) is 0 Å². The van der Waals surface area contributed by atoms with Crippen LogP contribution in [0, 0.1) is 6.92 Å². The lowest BCUT2D eigenvalue weighted by Crippen LogP contribution is -2.13. The highest BCUT2D eigenvalue weighted by atomic mass is 79.9. The Bertz CT molecular complexity index is 324. The van der Waals surface area contributed by atoms with Gasteiger partial charge in [0.05, 0.1) is 12.5 Å². The molecule has 0 aromatic carbocycles. The number of hydrogen-bond donors (Lipinski definition) is 2. The maximum atomic E-state index is 10.4. The Morgan fingerprint density at radius 3 is 2.85 bits per heavy atom. The number of carboxylic acid groups (broad SMARTS) is 1. The average Bonchev–Trinajstić information content (AvgIpc) is 2.28. The molecule has 3 N–H and O–H groups in total. The normalized spacial score (nSPS) is 12.8. The Labute approximate surface area is 88.7 Å². The number of thiophene rings is 1. The summed E-state index contributed by atoms with van der Waals surface area (Å²) in [4.78, 5) is 12.4. The van der Waals surface area contributed by atoms with Crippen LogP contribution in [0.4, 0.5) is 0 Å². The van der Waals surface area contributed by atoms with E-state index in [1.165, 1.54) is 11.3 Å². The molecule has 5 heteroatoms. The van der Waals surface area contributed by atoms with E-state index in [0.29, 0.717) is 0 Å². The summed E-state index contributed by atoms with van der Waals surface area (Å²) >= 11 is 4.87. The number of aliphatic carboxylic acids is 1. The van der Waals surface area contributed by atoms with Gasteiger partial charge in [-0.15, -0.1) is 11.3 Å². The number of nitrogens with two attached hydrogens (primary N) is 1. The summed E-state index contributed by atoms with van der Waals surface area (Å²) in [5.74, 6) is -0.870. The molecule has 72 valence electrons. The van der Waals surface area contributed by atoms with Gasteiger partial charge in [-0.1, -0.05) is 0 Å². The molecule has 0 aliphatic heterocycles. The van der Waals surface area contributed by atoms with Crippen molar-refractivity contribution in [3.63, 3.8) is 0 Å². The number of hydrogen-bond acceptors (Lipinski definition) is 3. The zero-order valence-electron chi connectivity index (χ0n) is 7.08. The van der Waals surface area contributed by atoms with E-state index in [-0.39, 0.29) is 6.42 Å². The maximum absolute atomic E-state index is 10.4. The van der Waals surface area contributed by atoms with Gasteiger partial charge < -0.3 is 10.8 Å². The molecule has 0 saturated heterocycles. The first kappa shape index (κ1) is 10.7. The third-order valence-corrected chi connectivity index (χ3v) is 3.67. The largest absolute Gasteiger partial charge is 0.481 e. The van der Waals surface area contributed by atoms with E-state index in [2.05, 4.69) is 15.9 Å². The molecule has 0 radical (unpaired) electrons. The second-order valence-electron chi connectivity index (χ2n) is 2.77. The van der Waals surface area contributed by atoms with E-state index in [9.17, 15) is 4.79 Å². The molecule has 0 amide bonds. The van der Waals surface area contributed by atoms with Crippen LogP contribution in [-0.2, 0) is 4.79 Å². The summed E-state index contributed by atoms with van der Waals surface area (Å²) < 4.78 is 0.906. The van der Waals surface area contributed by atoms with Crippen LogP contribution in [0.25, 0.3) is 0 Å². The topological polar surface area (TPSA) is 63.3 Å². The summed E-state index contributed by atoms with van der Waals surface area (Å²) in [7, 11) is 0. The van der Waals surface area contributed by atoms with Crippen molar-refractivity contribution in [2.45, 2.75) is 19.4 Å². The first-order valence-electron chi connectivity index (χ1n) is 3.74. The predicted octanol–water partition coefficient (Wildman–Crippen LogP) is 2.29. The molecule has 0 aliphatic carbocycles. The van der Waals surface area contributed by atoms with Crippen LogP contribution in [0.15, 0.2) is 10.5 Å². The van der Waals surface area contributed by atoms with E-state index in [1.807, 2.05) is 13.0 Å². The SMILES string of the molecule is Cc1cc(Br)c([C@H](N)CC(=O)O)s1. The molecular formula is C8H10BrNO2S. The number of carboxylic acids is 1. The molecule has 0 fully saturated rings. The van der Waals surface area contributed by atoms with E-state index in [4.69, 9.17) is 10.8 Å². The van der Waals surface area contributed by atoms with Gasteiger partial charge >= 0.3 is 5.97 Å². The summed E-state index contributed by atoms with van der Waals surface area (Å²) in [6.07, 6.45) is -0.0292. The second kappa shape index (κ2) is 4.21. The molecule has 0 unspecified atom stereocenters. The van der Waals surface area contributed by atoms with Gasteiger partial charge in [0.25, 0.3) is 0 Å². The van der Waals surface area contributed by atoms with E-state index in [1.54, 1.807) is 0 Å². The standard InChI is InChI=1S/C8H10BrNO2S/c1-4-2-5(9)8(13-4)6(10)3-7(11)12/h2,6H,3,10H2,1H3,(H,11,12)/t6-/m1/s1. The Hall–Kier alpha value is -0.390. The van der Waals surface area contributed by atoms with Gasteiger partial charge in [0, 0.05) is 14.2 Å². The second-order valence-corrected chi connectivity index (χ2v) is 4.92. The van der Waals surface area contributed by atoms with Gasteiger partial charge in [-0.3, -0.25) is 4.79 Å². The van der Waals surface area contributed by atoms with E-state index < -0.39 is 12.0 Å². The number of halogens is 1. The van der Waals surface area contributed by atoms with Crippen molar-refractivity contribution in [3.05, 3.63) is 20.3 Å². The molecule has 13 heavy (non-hydrogen) atoms. The third kappa shape index (κ3) is 2.79. The van der Waals surface area contributed by atoms with Gasteiger partial charge in [-0.2, -0.15) is 0 Å². The Morgan fingerprint density at radius 1 is 1.85 bits per heavy atom. The number of rotatable bonds is 3. The summed E-state index contributed by atoms with van der Waals surface area (Å²) in [6, 6.07) is 1.53. The van der Waals surface area contributed by atoms with Crippen LogP contribution in [0.3, 0.4) is 0 Å². The zero-order valence-corrected chi connectivity index (χ0v) is 9.48. The minimum absolute atomic E-state index is 0.0292. The van der Waals surface area contributed by atoms with Crippen LogP contribution in [-0.4, -0.2) is 11.1 Å². The van der Waals surface area contributed by atoms with Crippen LogP contribution < -0.4 is 5.73 Å². The van der Waals surface area contributed by atoms with Crippen LogP contribution in [0.1, 0.15) is 22.2 Å². The van der Waals surface area contributed by atoms with Gasteiger partial charge in [-0.25, -0.2) is 0 Å². The van der Waals surface area contributed by atoms with E-state index >= 15 is 0 Å². The molecule has 1 atom stereocenters. The molecule has 1 heterocycles. The maximum Gasteiger partial charge on any atom is 0.305 e. The number of aryl methyl sites for hydroxylation is 1. The molecule has 1 aromatic heterocycles. The molecule has 1 aromatic rings. The van der Waals surface area contributed by atoms with Crippen molar-refractivity contribution in [1.29, 1.82) is 0 Å². The highest BCUT2D eigenvalue weighted by molar-refractivity contribution is 9.10. The third-order valence-electron chi connectivity index (χ3n) is 1.57. The fourth-order valence-corrected chi connectivity index (χ4v) is 2.98. The Kier molecular flexibility index (Phi) is 3.47. The predicted molar refractivity (Wildman–Crippen MR) is 55.9 cm³/mol. The van der Waals surface area contributed by atoms with Crippen molar-refractivity contribution < 1.29 is 9.90 Å². The lowest BCUT2D eigenvalue weighted by Gasteiger charge is -2.06. The minimum Gasteiger partial charge on any atom is -0.481 e. The molecular weight excluding hydrogens is 254 g/mol. The van der Waals surface area contributed by atoms with Crippen molar-refractivity contribution in [1.82, 2.24) is 0 Å². The quantitative estimate of drug-likeness (QED) is 0.880. The number of carbonyl (C=O) groups is 1. The lowest BCUT2D eigenvalue weighted by molar-refractivity contribution is -0.137. The van der Waals surface area contributed by atoms with E-state index in [0.717, 1.165) is 14.2 Å². The molecule has 0 saturated carbocycles.